The van der Waals surface area contributed by atoms with Crippen LogP contribution in [-0.4, -0.2) is 23.7 Å². The summed E-state index contributed by atoms with van der Waals surface area (Å²) in [6, 6.07) is 9.71. The van der Waals surface area contributed by atoms with Crippen LogP contribution in [-0.2, 0) is 4.79 Å². The Balaban J connectivity index is 1.90. The van der Waals surface area contributed by atoms with Crippen LogP contribution in [0.2, 0.25) is 0 Å². The minimum Gasteiger partial charge on any atom is -0.484 e. The third kappa shape index (κ3) is 4.52. The van der Waals surface area contributed by atoms with E-state index in [4.69, 9.17) is 4.74 Å². The summed E-state index contributed by atoms with van der Waals surface area (Å²) in [6.45, 7) is 3.22. The molecule has 0 aromatic heterocycles. The van der Waals surface area contributed by atoms with Gasteiger partial charge in [0.15, 0.2) is 18.2 Å². The fourth-order valence-corrected chi connectivity index (χ4v) is 2.22. The number of nitrogens with one attached hydrogen (secondary N) is 1. The Bertz CT molecular complexity index is 721. The van der Waals surface area contributed by atoms with Gasteiger partial charge in [0.1, 0.15) is 5.75 Å². The van der Waals surface area contributed by atoms with Gasteiger partial charge in [-0.3, -0.25) is 4.79 Å². The second kappa shape index (κ2) is 7.88. The lowest BCUT2D eigenvalue weighted by Gasteiger charge is -2.21. The van der Waals surface area contributed by atoms with Gasteiger partial charge in [-0.05, 0) is 43.2 Å². The molecule has 0 aliphatic rings. The smallest absolute Gasteiger partial charge is 0.258 e. The quantitative estimate of drug-likeness (QED) is 0.853. The van der Waals surface area contributed by atoms with E-state index in [-0.39, 0.29) is 12.2 Å². The fraction of sp³-hybridized carbons (Fsp3) is 0.278. The van der Waals surface area contributed by atoms with Gasteiger partial charge in [0.25, 0.3) is 5.91 Å². The topological polar surface area (TPSA) is 58.6 Å². The van der Waals surface area contributed by atoms with E-state index in [2.05, 4.69) is 5.32 Å². The van der Waals surface area contributed by atoms with Crippen LogP contribution in [0.15, 0.2) is 42.5 Å². The molecule has 1 amide bonds. The van der Waals surface area contributed by atoms with Crippen LogP contribution in [0.25, 0.3) is 0 Å². The Kier molecular flexibility index (Phi) is 5.87. The van der Waals surface area contributed by atoms with Crippen molar-refractivity contribution in [3.63, 3.8) is 0 Å². The SMILES string of the molecule is Cc1ccccc1OCC(=O)NC(C)C(O)c1ccc(F)c(F)c1. The number of carbonyl (C=O) groups excluding carboxylic acids is 1. The second-order valence-corrected chi connectivity index (χ2v) is 5.53. The summed E-state index contributed by atoms with van der Waals surface area (Å²) in [4.78, 5) is 11.9. The fourth-order valence-electron chi connectivity index (χ4n) is 2.22. The number of ether oxygens (including phenoxy) is 1. The molecule has 0 aliphatic heterocycles. The Hall–Kier alpha value is -2.47. The van der Waals surface area contributed by atoms with Crippen LogP contribution in [0, 0.1) is 18.6 Å². The third-order valence-electron chi connectivity index (χ3n) is 3.60. The van der Waals surface area contributed by atoms with Crippen molar-refractivity contribution in [3.05, 3.63) is 65.2 Å². The highest BCUT2D eigenvalue weighted by Gasteiger charge is 2.20. The zero-order valence-corrected chi connectivity index (χ0v) is 13.4. The molecule has 128 valence electrons. The molecule has 0 aliphatic carbocycles. The summed E-state index contributed by atoms with van der Waals surface area (Å²) in [6.07, 6.45) is -1.16. The summed E-state index contributed by atoms with van der Waals surface area (Å²) >= 11 is 0. The first kappa shape index (κ1) is 17.9. The Morgan fingerprint density at radius 3 is 2.58 bits per heavy atom. The van der Waals surface area contributed by atoms with Crippen molar-refractivity contribution in [2.45, 2.75) is 26.0 Å². The molecule has 2 aromatic rings. The number of hydrogen-bond donors (Lipinski definition) is 2. The number of rotatable bonds is 6. The van der Waals surface area contributed by atoms with Gasteiger partial charge in [-0.25, -0.2) is 8.78 Å². The molecule has 2 rings (SSSR count). The molecule has 0 fully saturated rings. The van der Waals surface area contributed by atoms with Gasteiger partial charge < -0.3 is 15.2 Å². The van der Waals surface area contributed by atoms with E-state index in [1.807, 2.05) is 19.1 Å². The lowest BCUT2D eigenvalue weighted by atomic mass is 10.0. The van der Waals surface area contributed by atoms with E-state index in [0.717, 1.165) is 17.7 Å². The average Bonchev–Trinajstić information content (AvgIpc) is 2.56. The molecule has 0 saturated carbocycles. The maximum absolute atomic E-state index is 13.2. The van der Waals surface area contributed by atoms with Gasteiger partial charge in [-0.15, -0.1) is 0 Å². The Labute approximate surface area is 139 Å². The molecule has 2 unspecified atom stereocenters. The lowest BCUT2D eigenvalue weighted by molar-refractivity contribution is -0.124. The van der Waals surface area contributed by atoms with Crippen LogP contribution in [0.3, 0.4) is 0 Å². The molecule has 0 saturated heterocycles. The van der Waals surface area contributed by atoms with Crippen LogP contribution in [0.5, 0.6) is 5.75 Å². The number of halogens is 2. The largest absolute Gasteiger partial charge is 0.484 e. The highest BCUT2D eigenvalue weighted by atomic mass is 19.2. The first-order chi connectivity index (χ1) is 11.4. The Morgan fingerprint density at radius 1 is 1.21 bits per heavy atom. The van der Waals surface area contributed by atoms with Crippen molar-refractivity contribution in [1.82, 2.24) is 5.32 Å². The molecule has 2 N–H and O–H groups in total. The molecule has 0 radical (unpaired) electrons. The molecule has 4 nitrogen and oxygen atoms in total. The van der Waals surface area contributed by atoms with E-state index in [1.165, 1.54) is 6.07 Å². The minimum absolute atomic E-state index is 0.182. The summed E-state index contributed by atoms with van der Waals surface area (Å²) in [7, 11) is 0. The highest BCUT2D eigenvalue weighted by Crippen LogP contribution is 2.19. The summed E-state index contributed by atoms with van der Waals surface area (Å²) < 4.78 is 31.6. The molecule has 0 heterocycles. The van der Waals surface area contributed by atoms with E-state index in [9.17, 15) is 18.7 Å². The number of hydrogen-bond acceptors (Lipinski definition) is 3. The first-order valence-electron chi connectivity index (χ1n) is 7.49. The number of para-hydroxylation sites is 1. The van der Waals surface area contributed by atoms with Crippen LogP contribution in [0.1, 0.15) is 24.2 Å². The van der Waals surface area contributed by atoms with Gasteiger partial charge in [0.05, 0.1) is 12.1 Å². The average molecular weight is 335 g/mol. The number of carbonyl (C=O) groups is 1. The first-order valence-corrected chi connectivity index (χ1v) is 7.49. The van der Waals surface area contributed by atoms with Crippen LogP contribution in [0.4, 0.5) is 8.78 Å². The second-order valence-electron chi connectivity index (χ2n) is 5.53. The van der Waals surface area contributed by atoms with E-state index >= 15 is 0 Å². The monoisotopic (exact) mass is 335 g/mol. The highest BCUT2D eigenvalue weighted by molar-refractivity contribution is 5.77. The number of amides is 1. The number of aliphatic hydroxyl groups is 1. The minimum atomic E-state index is -1.16. The summed E-state index contributed by atoms with van der Waals surface area (Å²) in [5.74, 6) is -1.86. The molecule has 0 bridgehead atoms. The summed E-state index contributed by atoms with van der Waals surface area (Å²) in [5, 5.41) is 12.7. The Morgan fingerprint density at radius 2 is 1.92 bits per heavy atom. The molecular weight excluding hydrogens is 316 g/mol. The van der Waals surface area contributed by atoms with Gasteiger partial charge in [0, 0.05) is 0 Å². The van der Waals surface area contributed by atoms with Gasteiger partial charge in [-0.2, -0.15) is 0 Å². The molecule has 24 heavy (non-hydrogen) atoms. The van der Waals surface area contributed by atoms with E-state index in [1.54, 1.807) is 19.1 Å². The number of aliphatic hydroxyl groups excluding tert-OH is 1. The number of aryl methyl sites for hydroxylation is 1. The standard InChI is InChI=1S/C18H19F2NO3/c1-11-5-3-4-6-16(11)24-10-17(22)21-12(2)18(23)13-7-8-14(19)15(20)9-13/h3-9,12,18,23H,10H2,1-2H3,(H,21,22). The normalized spacial score (nSPS) is 13.2. The summed E-state index contributed by atoms with van der Waals surface area (Å²) in [5.41, 5.74) is 1.08. The number of benzene rings is 2. The van der Waals surface area contributed by atoms with Crippen molar-refractivity contribution < 1.29 is 23.4 Å². The van der Waals surface area contributed by atoms with Crippen molar-refractivity contribution in [1.29, 1.82) is 0 Å². The van der Waals surface area contributed by atoms with Crippen molar-refractivity contribution in [2.75, 3.05) is 6.61 Å². The van der Waals surface area contributed by atoms with E-state index in [0.29, 0.717) is 5.75 Å². The van der Waals surface area contributed by atoms with E-state index < -0.39 is 29.7 Å². The lowest BCUT2D eigenvalue weighted by Crippen LogP contribution is -2.39. The zero-order chi connectivity index (χ0) is 17.7. The van der Waals surface area contributed by atoms with Gasteiger partial charge in [0.2, 0.25) is 0 Å². The molecule has 2 aromatic carbocycles. The zero-order valence-electron chi connectivity index (χ0n) is 13.4. The maximum atomic E-state index is 13.2. The van der Waals surface area contributed by atoms with Gasteiger partial charge in [-0.1, -0.05) is 24.3 Å². The predicted octanol–water partition coefficient (Wildman–Crippen LogP) is 2.89. The third-order valence-corrected chi connectivity index (χ3v) is 3.60. The van der Waals surface area contributed by atoms with Crippen molar-refractivity contribution in [2.24, 2.45) is 0 Å². The van der Waals surface area contributed by atoms with Crippen LogP contribution >= 0.6 is 0 Å². The molecule has 0 spiro atoms. The molecule has 2 atom stereocenters. The van der Waals surface area contributed by atoms with Crippen LogP contribution < -0.4 is 10.1 Å². The van der Waals surface area contributed by atoms with Crippen molar-refractivity contribution in [3.8, 4) is 5.75 Å². The molecule has 6 heteroatoms. The van der Waals surface area contributed by atoms with Gasteiger partial charge >= 0.3 is 0 Å². The molecular formula is C18H19F2NO3. The van der Waals surface area contributed by atoms with Crippen molar-refractivity contribution >= 4 is 5.91 Å². The predicted molar refractivity (Wildman–Crippen MR) is 85.6 cm³/mol. The maximum Gasteiger partial charge on any atom is 0.258 e.